The lowest BCUT2D eigenvalue weighted by molar-refractivity contribution is -0.135. The summed E-state index contributed by atoms with van der Waals surface area (Å²) in [6, 6.07) is 0. The largest absolute Gasteiger partial charge is 0.490 e. The van der Waals surface area contributed by atoms with E-state index in [1.807, 2.05) is 0 Å². The summed E-state index contributed by atoms with van der Waals surface area (Å²) in [5.41, 5.74) is 5.55. The fraction of sp³-hybridized carbons (Fsp3) is 0.783. The van der Waals surface area contributed by atoms with Gasteiger partial charge in [0, 0.05) is 25.0 Å². The minimum atomic E-state index is -6.47. The molecule has 2 aliphatic heterocycles. The van der Waals surface area contributed by atoms with E-state index in [2.05, 4.69) is 41.2 Å². The van der Waals surface area contributed by atoms with Crippen molar-refractivity contribution in [3.63, 3.8) is 0 Å². The summed E-state index contributed by atoms with van der Waals surface area (Å²) in [4.78, 5) is 93.6. The number of carbonyl (C=O) groups is 3. The quantitative estimate of drug-likeness (QED) is 0.0318. The zero-order valence-electron chi connectivity index (χ0n) is 29.4. The summed E-state index contributed by atoms with van der Waals surface area (Å²) in [7, 11) is -36.8. The van der Waals surface area contributed by atoms with Crippen LogP contribution in [0.1, 0.15) is 64.7 Å². The Balaban J connectivity index is 1.79. The van der Waals surface area contributed by atoms with E-state index in [0.29, 0.717) is 45.2 Å². The first-order valence-electron chi connectivity index (χ1n) is 16.3. The van der Waals surface area contributed by atoms with Crippen molar-refractivity contribution in [3.05, 3.63) is 11.6 Å². The van der Waals surface area contributed by atoms with E-state index in [1.54, 1.807) is 0 Å². The number of hydrogen-bond donors (Lipinski definition) is 10. The van der Waals surface area contributed by atoms with Crippen LogP contribution < -0.4 is 16.4 Å². The minimum absolute atomic E-state index is 0.0954. The predicted octanol–water partition coefficient (Wildman–Crippen LogP) is 1.64. The Hall–Kier alpha value is -0.910. The number of carbonyl (C=O) groups excluding carboxylic acids is 3. The molecule has 0 aromatic heterocycles. The molecule has 0 aromatic rings. The van der Waals surface area contributed by atoms with Gasteiger partial charge in [0.05, 0.1) is 31.3 Å². The Bertz CT molecular complexity index is 1710. The summed E-state index contributed by atoms with van der Waals surface area (Å²) in [5.74, 6) is -2.61. The zero-order chi connectivity index (χ0) is 42.6. The van der Waals surface area contributed by atoms with Crippen LogP contribution in [0.2, 0.25) is 0 Å². The topological polar surface area (TPSA) is 419 Å². The molecule has 27 nitrogen and oxygen atoms in total. The third kappa shape index (κ3) is 19.9. The van der Waals surface area contributed by atoms with Crippen molar-refractivity contribution in [1.82, 2.24) is 10.6 Å². The molecule has 1 fully saturated rings. The Morgan fingerprint density at radius 2 is 1.29 bits per heavy atom. The van der Waals surface area contributed by atoms with Crippen LogP contribution in [0.5, 0.6) is 0 Å². The molecule has 326 valence electrons. The Morgan fingerprint density at radius 3 is 1.84 bits per heavy atom. The number of amides is 3. The first kappa shape index (κ1) is 51.2. The van der Waals surface area contributed by atoms with E-state index >= 15 is 0 Å². The van der Waals surface area contributed by atoms with Gasteiger partial charge in [0.1, 0.15) is 6.10 Å². The first-order chi connectivity index (χ1) is 25.7. The average Bonchev–Trinajstić information content (AvgIpc) is 3.38. The van der Waals surface area contributed by atoms with Gasteiger partial charge in [-0.25, -0.2) is 27.4 Å². The molecule has 0 radical (unpaired) electrons. The lowest BCUT2D eigenvalue weighted by Crippen LogP contribution is -2.44. The highest BCUT2D eigenvalue weighted by molar-refractivity contribution is 7.72. The Labute approximate surface area is 319 Å². The van der Waals surface area contributed by atoms with E-state index in [0.717, 1.165) is 12.8 Å². The molecule has 1 saturated heterocycles. The summed E-state index contributed by atoms with van der Waals surface area (Å²) in [6.45, 7) is 0.690. The van der Waals surface area contributed by atoms with Gasteiger partial charge < -0.3 is 50.3 Å². The number of rotatable bonds is 27. The standard InChI is InChI=1S/C23H45N3O24P6/c1-16-13-17(23(30)26-22(16)29)19-14-18(27)20(45-19)15-44-52(33,34)47-54(37,38)49-56(41,42)50-55(39,40)48-53(35,36)46-51(31,32)43-12-8-3-2-7-11-25-21(28)9-5-4-6-10-24/h13,17-20,27H,2-12,14-15,24H2,1H3,(H,25,28)(H,31,32)(H,33,34)(H,35,36)(H,37,38)(H,39,40)(H,41,42)(H,26,29,30)/t17?,18-,19-,20?/m1/s1. The Morgan fingerprint density at radius 1 is 0.786 bits per heavy atom. The number of nitrogens with two attached hydrogens (primary N) is 1. The second kappa shape index (κ2) is 22.1. The molecule has 0 aliphatic carbocycles. The molecule has 2 aliphatic rings. The lowest BCUT2D eigenvalue weighted by Gasteiger charge is -2.24. The molecule has 0 aromatic carbocycles. The highest BCUT2D eigenvalue weighted by Gasteiger charge is 2.50. The molecule has 11 N–H and O–H groups in total. The van der Waals surface area contributed by atoms with Crippen LogP contribution in [0.4, 0.5) is 0 Å². The molecule has 56 heavy (non-hydrogen) atoms. The summed E-state index contributed by atoms with van der Waals surface area (Å²) in [5, 5.41) is 15.0. The number of aliphatic hydroxyl groups excluding tert-OH is 1. The summed E-state index contributed by atoms with van der Waals surface area (Å²) in [6.07, 6.45) is 1.32. The van der Waals surface area contributed by atoms with Gasteiger partial charge in [-0.2, -0.15) is 21.6 Å². The minimum Gasteiger partial charge on any atom is -0.390 e. The van der Waals surface area contributed by atoms with Crippen molar-refractivity contribution >= 4 is 64.7 Å². The second-order valence-electron chi connectivity index (χ2n) is 11.9. The van der Waals surface area contributed by atoms with Crippen LogP contribution in [-0.4, -0.2) is 96.8 Å². The van der Waals surface area contributed by atoms with Crippen LogP contribution in [0.25, 0.3) is 0 Å². The average molecular weight is 933 g/mol. The van der Waals surface area contributed by atoms with Crippen LogP contribution in [0.3, 0.4) is 0 Å². The van der Waals surface area contributed by atoms with E-state index in [4.69, 9.17) is 10.5 Å². The van der Waals surface area contributed by atoms with Gasteiger partial charge in [-0.05, 0) is 39.2 Å². The number of ether oxygens (including phenoxy) is 1. The zero-order valence-corrected chi connectivity index (χ0v) is 34.8. The number of phosphoric acid groups is 6. The third-order valence-corrected chi connectivity index (χ3v) is 16.4. The highest BCUT2D eigenvalue weighted by Crippen LogP contribution is 2.75. The molecule has 0 spiro atoms. The van der Waals surface area contributed by atoms with E-state index in [1.165, 1.54) is 13.0 Å². The Kier molecular flexibility index (Phi) is 20.2. The molecule has 2 rings (SSSR count). The molecular weight excluding hydrogens is 888 g/mol. The fourth-order valence-corrected chi connectivity index (χ4v) is 12.6. The van der Waals surface area contributed by atoms with Crippen LogP contribution in [0, 0.1) is 5.92 Å². The van der Waals surface area contributed by atoms with Gasteiger partial charge in [-0.1, -0.05) is 25.3 Å². The maximum absolute atomic E-state index is 12.3. The predicted molar refractivity (Wildman–Crippen MR) is 185 cm³/mol. The van der Waals surface area contributed by atoms with Crippen LogP contribution in [-0.2, 0) is 77.1 Å². The van der Waals surface area contributed by atoms with Gasteiger partial charge in [-0.3, -0.25) is 28.7 Å². The maximum Gasteiger partial charge on any atom is 0.490 e. The second-order valence-corrected chi connectivity index (χ2v) is 21.3. The number of phosphoric ester groups is 2. The van der Waals surface area contributed by atoms with E-state index in [9.17, 15) is 76.2 Å². The smallest absolute Gasteiger partial charge is 0.390 e. The van der Waals surface area contributed by atoms with Crippen LogP contribution in [0.15, 0.2) is 11.6 Å². The van der Waals surface area contributed by atoms with E-state index in [-0.39, 0.29) is 24.3 Å². The molecule has 10 atom stereocenters. The van der Waals surface area contributed by atoms with Crippen LogP contribution >= 0.6 is 46.9 Å². The van der Waals surface area contributed by atoms with Crippen molar-refractivity contribution in [2.24, 2.45) is 11.7 Å². The lowest BCUT2D eigenvalue weighted by atomic mass is 9.93. The third-order valence-electron chi connectivity index (χ3n) is 7.17. The highest BCUT2D eigenvalue weighted by atomic mass is 31.3. The number of imide groups is 1. The fourth-order valence-electron chi connectivity index (χ4n) is 4.74. The first-order valence-corrected chi connectivity index (χ1v) is 25.3. The number of unbranched alkanes of at least 4 members (excludes halogenated alkanes) is 5. The number of hydrogen-bond acceptors (Lipinski definition) is 19. The van der Waals surface area contributed by atoms with Gasteiger partial charge in [0.2, 0.25) is 11.8 Å². The van der Waals surface area contributed by atoms with Gasteiger partial charge in [-0.15, -0.1) is 0 Å². The molecule has 0 bridgehead atoms. The van der Waals surface area contributed by atoms with Gasteiger partial charge in [0.25, 0.3) is 5.91 Å². The van der Waals surface area contributed by atoms with Crippen molar-refractivity contribution < 1.29 is 112 Å². The molecule has 0 saturated carbocycles. The molecular formula is C23H45N3O24P6. The van der Waals surface area contributed by atoms with Crippen molar-refractivity contribution in [2.45, 2.75) is 83.0 Å². The maximum atomic E-state index is 12.3. The summed E-state index contributed by atoms with van der Waals surface area (Å²) < 4.78 is 105. The molecule has 3 amide bonds. The summed E-state index contributed by atoms with van der Waals surface area (Å²) >= 11 is 0. The number of aliphatic hydroxyl groups is 1. The number of nitrogens with one attached hydrogen (secondary N) is 2. The normalized spacial score (nSPS) is 26.7. The molecule has 8 unspecified atom stereocenters. The molecule has 2 heterocycles. The van der Waals surface area contributed by atoms with E-state index < -0.39 is 96.2 Å². The van der Waals surface area contributed by atoms with Crippen molar-refractivity contribution in [3.8, 4) is 0 Å². The SMILES string of the molecule is CC1=CC([C@H]2C[C@@H](O)C(COP(=O)(O)OP(=O)(O)OP(=O)(O)OP(=O)(O)OP(=O)(O)OP(=O)(O)OCCCCCCNC(=O)CCCCCN)O2)C(=O)NC1=O. The molecule has 33 heteroatoms. The monoisotopic (exact) mass is 933 g/mol. The van der Waals surface area contributed by atoms with Crippen molar-refractivity contribution in [2.75, 3.05) is 26.3 Å². The van der Waals surface area contributed by atoms with Gasteiger partial charge in [0.15, 0.2) is 0 Å². The van der Waals surface area contributed by atoms with Gasteiger partial charge >= 0.3 is 46.9 Å². The van der Waals surface area contributed by atoms with Crippen molar-refractivity contribution in [1.29, 1.82) is 0 Å².